The zero-order chi connectivity index (χ0) is 13.2. The highest BCUT2D eigenvalue weighted by Gasteiger charge is 2.37. The molecule has 7 heteroatoms. The van der Waals surface area contributed by atoms with E-state index < -0.39 is 35.9 Å². The van der Waals surface area contributed by atoms with E-state index in [1.54, 1.807) is 0 Å². The number of carbonyl (C=O) groups is 2. The molecular weight excluding hydrogens is 230 g/mol. The van der Waals surface area contributed by atoms with Crippen LogP contribution in [0.5, 0.6) is 0 Å². The van der Waals surface area contributed by atoms with Gasteiger partial charge in [0.05, 0.1) is 5.57 Å². The lowest BCUT2D eigenvalue weighted by Gasteiger charge is -2.32. The minimum atomic E-state index is -1.48. The van der Waals surface area contributed by atoms with Crippen molar-refractivity contribution in [3.63, 3.8) is 0 Å². The van der Waals surface area contributed by atoms with E-state index in [1.807, 2.05) is 0 Å². The Bertz CT molecular complexity index is 388. The molecule has 0 saturated carbocycles. The highest BCUT2D eigenvalue weighted by atomic mass is 16.5. The second kappa shape index (κ2) is 4.98. The van der Waals surface area contributed by atoms with Crippen LogP contribution in [0.1, 0.15) is 6.42 Å². The van der Waals surface area contributed by atoms with Crippen LogP contribution in [0.15, 0.2) is 24.0 Å². The summed E-state index contributed by atoms with van der Waals surface area (Å²) in [6.07, 6.45) is -1.14. The van der Waals surface area contributed by atoms with E-state index in [2.05, 4.69) is 6.58 Å². The SMILES string of the molecule is C=C(O[C@H]1[C@H](O)C(C(=O)O)=CC[C@@H]1N)C(=O)O. The molecule has 0 bridgehead atoms. The van der Waals surface area contributed by atoms with Crippen LogP contribution >= 0.6 is 0 Å². The van der Waals surface area contributed by atoms with Gasteiger partial charge in [-0.05, 0) is 13.0 Å². The number of carboxylic acid groups (broad SMARTS) is 2. The Labute approximate surface area is 96.8 Å². The Hall–Kier alpha value is -1.86. The van der Waals surface area contributed by atoms with Crippen molar-refractivity contribution in [3.05, 3.63) is 24.0 Å². The summed E-state index contributed by atoms with van der Waals surface area (Å²) in [7, 11) is 0. The van der Waals surface area contributed by atoms with Gasteiger partial charge in [-0.2, -0.15) is 0 Å². The molecule has 0 radical (unpaired) electrons. The summed E-state index contributed by atoms with van der Waals surface area (Å²) >= 11 is 0. The largest absolute Gasteiger partial charge is 0.479 e. The molecule has 94 valence electrons. The second-order valence-corrected chi connectivity index (χ2v) is 3.62. The maximum atomic E-state index is 10.8. The molecule has 0 aromatic rings. The van der Waals surface area contributed by atoms with Crippen LogP contribution in [-0.4, -0.2) is 45.5 Å². The molecule has 1 aliphatic carbocycles. The topological polar surface area (TPSA) is 130 Å². The van der Waals surface area contributed by atoms with E-state index in [9.17, 15) is 14.7 Å². The molecular formula is C10H13NO6. The predicted molar refractivity (Wildman–Crippen MR) is 56.0 cm³/mol. The van der Waals surface area contributed by atoms with Crippen molar-refractivity contribution in [2.75, 3.05) is 0 Å². The standard InChI is InChI=1S/C10H13NO6/c1-4(9(13)14)17-8-6(11)3-2-5(7(8)12)10(15)16/h2,6-8,12H,1,3,11H2,(H,13,14)(H,15,16)/t6-,7+,8+/m0/s1. The molecule has 0 unspecified atom stereocenters. The first-order valence-corrected chi connectivity index (χ1v) is 4.80. The Morgan fingerprint density at radius 2 is 2.06 bits per heavy atom. The van der Waals surface area contributed by atoms with E-state index in [0.717, 1.165) is 0 Å². The van der Waals surface area contributed by atoms with Gasteiger partial charge in [-0.15, -0.1) is 0 Å². The van der Waals surface area contributed by atoms with Gasteiger partial charge in [0, 0.05) is 6.04 Å². The van der Waals surface area contributed by atoms with Crippen molar-refractivity contribution in [2.45, 2.75) is 24.7 Å². The van der Waals surface area contributed by atoms with Gasteiger partial charge in [0.25, 0.3) is 0 Å². The van der Waals surface area contributed by atoms with Crippen molar-refractivity contribution in [1.82, 2.24) is 0 Å². The van der Waals surface area contributed by atoms with E-state index in [-0.39, 0.29) is 12.0 Å². The monoisotopic (exact) mass is 243 g/mol. The maximum absolute atomic E-state index is 10.8. The molecule has 0 aliphatic heterocycles. The van der Waals surface area contributed by atoms with E-state index >= 15 is 0 Å². The lowest BCUT2D eigenvalue weighted by molar-refractivity contribution is -0.140. The molecule has 3 atom stereocenters. The summed E-state index contributed by atoms with van der Waals surface area (Å²) in [6.45, 7) is 3.13. The van der Waals surface area contributed by atoms with E-state index in [0.29, 0.717) is 0 Å². The summed E-state index contributed by atoms with van der Waals surface area (Å²) in [5.41, 5.74) is 5.37. The Balaban J connectivity index is 2.85. The molecule has 1 aliphatic rings. The smallest absolute Gasteiger partial charge is 0.370 e. The van der Waals surface area contributed by atoms with Gasteiger partial charge in [0.1, 0.15) is 12.2 Å². The number of carboxylic acids is 2. The fourth-order valence-corrected chi connectivity index (χ4v) is 1.51. The van der Waals surface area contributed by atoms with Crippen LogP contribution in [-0.2, 0) is 14.3 Å². The van der Waals surface area contributed by atoms with Gasteiger partial charge in [-0.1, -0.05) is 6.08 Å². The molecule has 5 N–H and O–H groups in total. The number of aliphatic hydroxyl groups excluding tert-OH is 1. The second-order valence-electron chi connectivity index (χ2n) is 3.62. The quantitative estimate of drug-likeness (QED) is 0.370. The molecule has 7 nitrogen and oxygen atoms in total. The number of aliphatic hydroxyl groups is 1. The summed E-state index contributed by atoms with van der Waals surface area (Å²) in [5, 5.41) is 27.1. The molecule has 0 spiro atoms. The van der Waals surface area contributed by atoms with Gasteiger partial charge in [-0.3, -0.25) is 0 Å². The van der Waals surface area contributed by atoms with E-state index in [4.69, 9.17) is 20.7 Å². The van der Waals surface area contributed by atoms with Crippen molar-refractivity contribution < 1.29 is 29.6 Å². The highest BCUT2D eigenvalue weighted by Crippen LogP contribution is 2.23. The number of aliphatic carboxylic acids is 2. The summed E-state index contributed by atoms with van der Waals surface area (Å²) in [4.78, 5) is 21.3. The first kappa shape index (κ1) is 13.2. The molecule has 0 aromatic heterocycles. The van der Waals surface area contributed by atoms with Crippen LogP contribution in [0.3, 0.4) is 0 Å². The van der Waals surface area contributed by atoms with Crippen LogP contribution in [0.25, 0.3) is 0 Å². The van der Waals surface area contributed by atoms with Crippen LogP contribution in [0, 0.1) is 0 Å². The first-order valence-electron chi connectivity index (χ1n) is 4.80. The minimum Gasteiger partial charge on any atom is -0.479 e. The zero-order valence-corrected chi connectivity index (χ0v) is 8.87. The van der Waals surface area contributed by atoms with Gasteiger partial charge in [0.2, 0.25) is 0 Å². The Morgan fingerprint density at radius 3 is 2.53 bits per heavy atom. The number of ether oxygens (including phenoxy) is 1. The molecule has 0 heterocycles. The zero-order valence-electron chi connectivity index (χ0n) is 8.87. The van der Waals surface area contributed by atoms with Crippen LogP contribution in [0.4, 0.5) is 0 Å². The summed E-state index contributed by atoms with van der Waals surface area (Å²) in [5.74, 6) is -3.27. The lowest BCUT2D eigenvalue weighted by Crippen LogP contribution is -2.49. The normalized spacial score (nSPS) is 28.1. The Kier molecular flexibility index (Phi) is 3.87. The Morgan fingerprint density at radius 1 is 1.47 bits per heavy atom. The molecule has 0 amide bonds. The third-order valence-corrected chi connectivity index (χ3v) is 2.43. The van der Waals surface area contributed by atoms with Crippen LogP contribution in [0.2, 0.25) is 0 Å². The predicted octanol–water partition coefficient (Wildman–Crippen LogP) is -0.927. The fourth-order valence-electron chi connectivity index (χ4n) is 1.51. The van der Waals surface area contributed by atoms with Crippen molar-refractivity contribution in [3.8, 4) is 0 Å². The minimum absolute atomic E-state index is 0.177. The molecule has 0 aromatic carbocycles. The van der Waals surface area contributed by atoms with E-state index in [1.165, 1.54) is 6.08 Å². The summed E-state index contributed by atoms with van der Waals surface area (Å²) < 4.78 is 4.88. The fraction of sp³-hybridized carbons (Fsp3) is 0.400. The molecule has 0 fully saturated rings. The average molecular weight is 243 g/mol. The average Bonchev–Trinajstić information content (AvgIpc) is 2.22. The highest BCUT2D eigenvalue weighted by molar-refractivity contribution is 5.88. The maximum Gasteiger partial charge on any atom is 0.370 e. The van der Waals surface area contributed by atoms with Gasteiger partial charge in [0.15, 0.2) is 5.76 Å². The van der Waals surface area contributed by atoms with Crippen LogP contribution < -0.4 is 5.73 Å². The number of hydrogen-bond donors (Lipinski definition) is 4. The van der Waals surface area contributed by atoms with Crippen molar-refractivity contribution >= 4 is 11.9 Å². The lowest BCUT2D eigenvalue weighted by atomic mass is 9.90. The third kappa shape index (κ3) is 2.83. The van der Waals surface area contributed by atoms with Crippen molar-refractivity contribution in [2.24, 2.45) is 5.73 Å². The molecule has 1 rings (SSSR count). The van der Waals surface area contributed by atoms with Crippen molar-refractivity contribution in [1.29, 1.82) is 0 Å². The third-order valence-electron chi connectivity index (χ3n) is 2.43. The number of rotatable bonds is 4. The van der Waals surface area contributed by atoms with Gasteiger partial charge >= 0.3 is 11.9 Å². The first-order chi connectivity index (χ1) is 7.84. The van der Waals surface area contributed by atoms with Gasteiger partial charge in [-0.25, -0.2) is 9.59 Å². The molecule has 17 heavy (non-hydrogen) atoms. The molecule has 0 saturated heterocycles. The summed E-state index contributed by atoms with van der Waals surface area (Å²) in [6, 6.07) is -0.691. The van der Waals surface area contributed by atoms with Gasteiger partial charge < -0.3 is 25.8 Å². The number of nitrogens with two attached hydrogens (primary N) is 1. The number of hydrogen-bond acceptors (Lipinski definition) is 5.